The van der Waals surface area contributed by atoms with Gasteiger partial charge in [-0.15, -0.1) is 13.1 Å². The Hall–Kier alpha value is -2.05. The average molecular weight is 723 g/mol. The van der Waals surface area contributed by atoms with E-state index in [9.17, 15) is 9.90 Å². The van der Waals surface area contributed by atoms with Gasteiger partial charge in [-0.25, -0.2) is 0 Å². The van der Waals surface area contributed by atoms with Crippen LogP contribution in [0.1, 0.15) is 88.3 Å². The van der Waals surface area contributed by atoms with Gasteiger partial charge >= 0.3 is 0 Å². The number of aromatic hydroxyl groups is 1. The van der Waals surface area contributed by atoms with Crippen molar-refractivity contribution in [3.05, 3.63) is 82.7 Å². The standard InChI is InChI=1S/C26H31N2O3.C11H20O2.C2H6.Y/c29-25-11-4-3-9-23(25)13-12-22-8-1-2-10-24(22)20-27-16-14-26(30)28-17-19-31-18-15-21-6-5-7-21;1-10(11-4-3-5-11)6-7-13-9-8-12-2;1-2;/h1-4,8-11,21,29H,5-7,14-20H2,(H,28,30);11H,1,3-9H2,2H3;1-2H3;/q-1;;;. The van der Waals surface area contributed by atoms with E-state index in [0.717, 1.165) is 49.0 Å². The van der Waals surface area contributed by atoms with Crippen molar-refractivity contribution < 1.29 is 56.8 Å². The van der Waals surface area contributed by atoms with Gasteiger partial charge < -0.3 is 30.0 Å². The molecule has 2 saturated carbocycles. The van der Waals surface area contributed by atoms with Gasteiger partial charge in [0.25, 0.3) is 0 Å². The maximum absolute atomic E-state index is 11.9. The summed E-state index contributed by atoms with van der Waals surface area (Å²) in [5, 5.41) is 17.2. The molecular formula is C39H57N2O5Y-. The Balaban J connectivity index is 0.000000580. The fourth-order valence-corrected chi connectivity index (χ4v) is 4.83. The molecule has 4 rings (SSSR count). The van der Waals surface area contributed by atoms with Crippen molar-refractivity contribution in [1.82, 2.24) is 5.32 Å². The van der Waals surface area contributed by atoms with E-state index in [2.05, 4.69) is 29.1 Å². The van der Waals surface area contributed by atoms with Crippen LogP contribution in [0.4, 0.5) is 0 Å². The maximum atomic E-state index is 11.9. The molecule has 0 unspecified atom stereocenters. The van der Waals surface area contributed by atoms with Gasteiger partial charge in [0.15, 0.2) is 0 Å². The molecule has 47 heavy (non-hydrogen) atoms. The van der Waals surface area contributed by atoms with Crippen LogP contribution in [0.15, 0.2) is 60.7 Å². The summed E-state index contributed by atoms with van der Waals surface area (Å²) in [5.74, 6) is 7.96. The van der Waals surface area contributed by atoms with E-state index in [4.69, 9.17) is 14.2 Å². The molecule has 2 aliphatic rings. The maximum Gasteiger partial charge on any atom is 0.218 e. The molecule has 2 aromatic carbocycles. The fraction of sp³-hybridized carbons (Fsp3) is 0.564. The molecule has 1 radical (unpaired) electrons. The molecule has 0 aliphatic heterocycles. The average Bonchev–Trinajstić information content (AvgIpc) is 3.02. The Kier molecular flexibility index (Phi) is 25.5. The Labute approximate surface area is 309 Å². The summed E-state index contributed by atoms with van der Waals surface area (Å²) in [6, 6.07) is 14.8. The first kappa shape index (κ1) is 43.0. The zero-order valence-corrected chi connectivity index (χ0v) is 31.9. The van der Waals surface area contributed by atoms with E-state index in [0.29, 0.717) is 51.4 Å². The molecule has 0 bridgehead atoms. The molecule has 7 nitrogen and oxygen atoms in total. The van der Waals surface area contributed by atoms with Crippen molar-refractivity contribution in [1.29, 1.82) is 0 Å². The largest absolute Gasteiger partial charge is 0.658 e. The minimum Gasteiger partial charge on any atom is -0.658 e. The van der Waals surface area contributed by atoms with Crippen LogP contribution in [0, 0.1) is 23.7 Å². The van der Waals surface area contributed by atoms with Crippen LogP contribution in [0.3, 0.4) is 0 Å². The second kappa shape index (κ2) is 27.9. The van der Waals surface area contributed by atoms with Crippen LogP contribution in [-0.4, -0.2) is 64.2 Å². The van der Waals surface area contributed by atoms with Crippen LogP contribution in [-0.2, 0) is 58.3 Å². The van der Waals surface area contributed by atoms with Crippen molar-refractivity contribution in [2.75, 3.05) is 53.2 Å². The van der Waals surface area contributed by atoms with Crippen molar-refractivity contribution in [3.63, 3.8) is 0 Å². The summed E-state index contributed by atoms with van der Waals surface area (Å²) in [5.41, 5.74) is 3.85. The van der Waals surface area contributed by atoms with Crippen molar-refractivity contribution in [3.8, 4) is 17.6 Å². The number of amides is 1. The minimum absolute atomic E-state index is 0. The number of para-hydroxylation sites is 1. The van der Waals surface area contributed by atoms with Gasteiger partial charge in [-0.05, 0) is 55.7 Å². The van der Waals surface area contributed by atoms with E-state index in [1.807, 2.05) is 44.2 Å². The third-order valence-corrected chi connectivity index (χ3v) is 8.18. The number of nitrogens with one attached hydrogen (secondary N) is 1. The molecule has 257 valence electrons. The predicted molar refractivity (Wildman–Crippen MR) is 188 cm³/mol. The topological polar surface area (TPSA) is 91.1 Å². The number of ether oxygens (including phenoxy) is 3. The van der Waals surface area contributed by atoms with Crippen LogP contribution in [0.25, 0.3) is 5.32 Å². The zero-order chi connectivity index (χ0) is 33.2. The van der Waals surface area contributed by atoms with Crippen LogP contribution >= 0.6 is 0 Å². The second-order valence-corrected chi connectivity index (χ2v) is 11.5. The Morgan fingerprint density at radius 2 is 1.55 bits per heavy atom. The van der Waals surface area contributed by atoms with Crippen molar-refractivity contribution in [2.24, 2.45) is 11.8 Å². The number of benzene rings is 2. The first-order chi connectivity index (χ1) is 22.6. The minimum atomic E-state index is -0.000951. The van der Waals surface area contributed by atoms with Gasteiger partial charge in [0.1, 0.15) is 5.75 Å². The number of rotatable bonds is 18. The third-order valence-electron chi connectivity index (χ3n) is 8.18. The van der Waals surface area contributed by atoms with Gasteiger partial charge in [-0.2, -0.15) is 0 Å². The van der Waals surface area contributed by atoms with Crippen molar-refractivity contribution >= 4 is 5.91 Å². The Morgan fingerprint density at radius 1 is 0.894 bits per heavy atom. The third kappa shape index (κ3) is 18.9. The SMILES string of the molecule is C=C(CCOCCOC)C1CCC1.CC.O=C(CC[N-]Cc1ccccc1C#Cc1ccccc1O)NCCOCCC1CCC1.[Y]. The number of phenols is 1. The summed E-state index contributed by atoms with van der Waals surface area (Å²) in [7, 11) is 1.69. The van der Waals surface area contributed by atoms with Crippen molar-refractivity contribution in [2.45, 2.75) is 78.2 Å². The van der Waals surface area contributed by atoms with Gasteiger partial charge in [0, 0.05) is 65.0 Å². The normalized spacial score (nSPS) is 13.5. The summed E-state index contributed by atoms with van der Waals surface area (Å²) >= 11 is 0. The number of carbonyl (C=O) groups is 1. The molecule has 2 aliphatic carbocycles. The van der Waals surface area contributed by atoms with Gasteiger partial charge in [-0.3, -0.25) is 4.79 Å². The molecule has 0 atom stereocenters. The molecule has 2 aromatic rings. The molecule has 2 fully saturated rings. The number of nitrogens with zero attached hydrogens (tertiary/aromatic N) is 1. The molecule has 0 heterocycles. The van der Waals surface area contributed by atoms with E-state index in [-0.39, 0.29) is 44.4 Å². The smallest absolute Gasteiger partial charge is 0.218 e. The number of phenolic OH excluding ortho intramolecular Hbond substituents is 1. The van der Waals surface area contributed by atoms with E-state index in [1.54, 1.807) is 25.3 Å². The molecule has 2 N–H and O–H groups in total. The molecular weight excluding hydrogens is 665 g/mol. The fourth-order valence-electron chi connectivity index (χ4n) is 4.83. The summed E-state index contributed by atoms with van der Waals surface area (Å²) in [4.78, 5) is 11.9. The van der Waals surface area contributed by atoms with E-state index < -0.39 is 0 Å². The van der Waals surface area contributed by atoms with Crippen LogP contribution in [0.2, 0.25) is 0 Å². The number of methoxy groups -OCH3 is 1. The van der Waals surface area contributed by atoms with Gasteiger partial charge in [0.05, 0.1) is 32.0 Å². The Bertz CT molecular complexity index is 1190. The molecule has 1 amide bonds. The molecule has 8 heteroatoms. The zero-order valence-electron chi connectivity index (χ0n) is 29.1. The number of hydrogen-bond donors (Lipinski definition) is 2. The first-order valence-corrected chi connectivity index (χ1v) is 17.2. The Morgan fingerprint density at radius 3 is 2.21 bits per heavy atom. The molecule has 0 aromatic heterocycles. The number of carbonyl (C=O) groups excluding carboxylic acids is 1. The summed E-state index contributed by atoms with van der Waals surface area (Å²) < 4.78 is 15.8. The summed E-state index contributed by atoms with van der Waals surface area (Å²) in [6.45, 7) is 13.2. The van der Waals surface area contributed by atoms with Gasteiger partial charge in [-0.1, -0.05) is 99.4 Å². The van der Waals surface area contributed by atoms with E-state index in [1.165, 1.54) is 44.1 Å². The van der Waals surface area contributed by atoms with Crippen LogP contribution < -0.4 is 5.32 Å². The van der Waals surface area contributed by atoms with Crippen LogP contribution in [0.5, 0.6) is 5.75 Å². The van der Waals surface area contributed by atoms with E-state index >= 15 is 0 Å². The quantitative estimate of drug-likeness (QED) is 0.0932. The molecule has 0 saturated heterocycles. The second-order valence-electron chi connectivity index (χ2n) is 11.5. The predicted octanol–water partition coefficient (Wildman–Crippen LogP) is 7.80. The number of hydrogen-bond acceptors (Lipinski definition) is 5. The first-order valence-electron chi connectivity index (χ1n) is 17.2. The van der Waals surface area contributed by atoms with Gasteiger partial charge in [0.2, 0.25) is 5.91 Å². The molecule has 0 spiro atoms. The monoisotopic (exact) mass is 722 g/mol. The summed E-state index contributed by atoms with van der Waals surface area (Å²) in [6.07, 6.45) is 10.7.